The Kier molecular flexibility index (Phi) is 27.5. The molecular weight excluding hydrogens is 1130 g/mol. The van der Waals surface area contributed by atoms with Crippen LogP contribution in [0, 0.1) is 5.82 Å². The first-order chi connectivity index (χ1) is 42.4. The molecule has 12 amide bonds. The van der Waals surface area contributed by atoms with E-state index >= 15 is 0 Å². The Morgan fingerprint density at radius 2 is 0.670 bits per heavy atom. The number of amides is 12. The normalized spacial score (nSPS) is 18.6. The van der Waals surface area contributed by atoms with Gasteiger partial charge in [0, 0.05) is 43.7 Å². The number of rotatable bonds is 28. The first-order valence-corrected chi connectivity index (χ1v) is 31.6. The Morgan fingerprint density at radius 1 is 0.386 bits per heavy atom. The Labute approximate surface area is 513 Å². The van der Waals surface area contributed by atoms with Crippen molar-refractivity contribution < 1.29 is 61.9 Å². The van der Waals surface area contributed by atoms with Gasteiger partial charge in [-0.25, -0.2) is 4.39 Å². The van der Waals surface area contributed by atoms with Crippen LogP contribution in [0.5, 0.6) is 0 Å². The highest BCUT2D eigenvalue weighted by molar-refractivity contribution is 6.25. The van der Waals surface area contributed by atoms with Crippen molar-refractivity contribution in [3.63, 3.8) is 0 Å². The lowest BCUT2D eigenvalue weighted by Gasteiger charge is -2.27. The number of unbranched alkanes of at least 4 members (excludes halogenated alkanes) is 17. The summed E-state index contributed by atoms with van der Waals surface area (Å²) in [5.41, 5.74) is 13.6. The standard InChI is InChI=1S/C22H29N3O4.C21H28N4O4.C13H9FN2O4.C9H21N/c1-2-3-4-5-6-7-8-13-23-15-9-10-16-17(14-15)22(29)25(21(16)28)18-11-12-19(26)24-20(18)27;22-11-5-3-1-2-4-6-12-23-14-7-8-15-16(13-14)21(29)25(20(15)28)17-9-10-18(26)24-19(17)27;14-6-1-2-7-8(5-6)13(20)16(12(7)19)9-3-4-10(17)15-11(9)18;1-2-3-4-5-6-7-8-9-10/h9-10,14,18,23H,2-8,11-13H2,1H3,(H,24,26,27);7-8,13,17,23H,1-6,9-12,22H2,(H,24,26,27);1-2,5,9H,3-4H2,(H,15,17,18);2-10H2,1H3. The summed E-state index contributed by atoms with van der Waals surface area (Å²) in [4.78, 5) is 148. The van der Waals surface area contributed by atoms with Crippen molar-refractivity contribution in [1.29, 1.82) is 0 Å². The summed E-state index contributed by atoms with van der Waals surface area (Å²) in [6.45, 7) is 7.68. The Hall–Kier alpha value is -8.05. The zero-order valence-corrected chi connectivity index (χ0v) is 50.9. The Bertz CT molecular complexity index is 2900. The van der Waals surface area contributed by atoms with Gasteiger partial charge in [-0.3, -0.25) is 88.2 Å². The molecule has 3 aromatic rings. The van der Waals surface area contributed by atoms with Gasteiger partial charge in [0.25, 0.3) is 35.4 Å². The van der Waals surface area contributed by atoms with Gasteiger partial charge in [-0.05, 0) is 113 Å². The maximum Gasteiger partial charge on any atom is 0.262 e. The number of halogens is 1. The van der Waals surface area contributed by atoms with Gasteiger partial charge in [0.15, 0.2) is 0 Å². The van der Waals surface area contributed by atoms with Crippen LogP contribution >= 0.6 is 0 Å². The molecule has 6 heterocycles. The zero-order chi connectivity index (χ0) is 63.7. The number of piperidine rings is 3. The fourth-order valence-corrected chi connectivity index (χ4v) is 11.2. The fraction of sp³-hybridized carbons (Fsp3) is 0.538. The molecule has 0 radical (unpaired) electrons. The number of imide groups is 6. The highest BCUT2D eigenvalue weighted by atomic mass is 19.1. The average Bonchev–Trinajstić information content (AvgIpc) is 2.86. The van der Waals surface area contributed by atoms with Gasteiger partial charge < -0.3 is 22.1 Å². The van der Waals surface area contributed by atoms with E-state index in [0.717, 1.165) is 90.1 Å². The monoisotopic (exact) mass is 1220 g/mol. The number of nitrogens with zero attached hydrogens (tertiary/aromatic N) is 3. The van der Waals surface area contributed by atoms with Gasteiger partial charge in [-0.2, -0.15) is 0 Å². The number of carbonyl (C=O) groups excluding carboxylic acids is 12. The lowest BCUT2D eigenvalue weighted by atomic mass is 10.0. The van der Waals surface area contributed by atoms with E-state index in [-0.39, 0.29) is 61.5 Å². The largest absolute Gasteiger partial charge is 0.385 e. The van der Waals surface area contributed by atoms with Crippen LogP contribution in [0.2, 0.25) is 0 Å². The average molecular weight is 1220 g/mol. The molecule has 9 N–H and O–H groups in total. The maximum atomic E-state index is 13.2. The summed E-state index contributed by atoms with van der Waals surface area (Å²) < 4.78 is 13.2. The summed E-state index contributed by atoms with van der Waals surface area (Å²) in [6, 6.07) is 10.6. The van der Waals surface area contributed by atoms with E-state index in [1.54, 1.807) is 36.4 Å². The highest BCUT2D eigenvalue weighted by Gasteiger charge is 2.47. The smallest absolute Gasteiger partial charge is 0.262 e. The minimum atomic E-state index is -1.02. The second-order valence-electron chi connectivity index (χ2n) is 22.8. The van der Waals surface area contributed by atoms with E-state index in [2.05, 4.69) is 40.4 Å². The summed E-state index contributed by atoms with van der Waals surface area (Å²) in [6.07, 6.45) is 25.6. The molecule has 88 heavy (non-hydrogen) atoms. The molecule has 3 atom stereocenters. The molecule has 3 fully saturated rings. The Balaban J connectivity index is 0.000000198. The molecule has 3 aromatic carbocycles. The minimum absolute atomic E-state index is 0.0537. The predicted octanol–water partition coefficient (Wildman–Crippen LogP) is 7.97. The van der Waals surface area contributed by atoms with Crippen LogP contribution < -0.4 is 38.1 Å². The molecular formula is C65H87FN10O12. The van der Waals surface area contributed by atoms with Gasteiger partial charge in [0.05, 0.1) is 33.4 Å². The van der Waals surface area contributed by atoms with Crippen LogP contribution in [0.25, 0.3) is 0 Å². The molecule has 0 spiro atoms. The molecule has 3 saturated heterocycles. The van der Waals surface area contributed by atoms with Gasteiger partial charge in [-0.1, -0.05) is 117 Å². The molecule has 23 heteroatoms. The third-order valence-electron chi connectivity index (χ3n) is 16.2. The summed E-state index contributed by atoms with van der Waals surface area (Å²) >= 11 is 0. The second-order valence-corrected chi connectivity index (χ2v) is 22.8. The topological polar surface area (TPSA) is 327 Å². The van der Waals surface area contributed by atoms with Crippen LogP contribution in [-0.2, 0) is 28.8 Å². The second kappa shape index (κ2) is 35.1. The quantitative estimate of drug-likeness (QED) is 0.0268. The summed E-state index contributed by atoms with van der Waals surface area (Å²) in [5.74, 6) is -6.95. The van der Waals surface area contributed by atoms with Gasteiger partial charge >= 0.3 is 0 Å². The first kappa shape index (κ1) is 69.1. The van der Waals surface area contributed by atoms with Crippen molar-refractivity contribution in [2.45, 2.75) is 199 Å². The number of nitrogens with two attached hydrogens (primary N) is 2. The van der Waals surface area contributed by atoms with Crippen LogP contribution in [-0.4, -0.2) is 130 Å². The fourth-order valence-electron chi connectivity index (χ4n) is 11.2. The Morgan fingerprint density at radius 3 is 0.989 bits per heavy atom. The van der Waals surface area contributed by atoms with Gasteiger partial charge in [0.1, 0.15) is 23.9 Å². The molecule has 6 aliphatic heterocycles. The molecule has 9 rings (SSSR count). The van der Waals surface area contributed by atoms with Crippen molar-refractivity contribution in [2.75, 3.05) is 36.8 Å². The third-order valence-corrected chi connectivity index (χ3v) is 16.2. The number of benzene rings is 3. The summed E-state index contributed by atoms with van der Waals surface area (Å²) in [5, 5.41) is 13.1. The van der Waals surface area contributed by atoms with Crippen LogP contribution in [0.15, 0.2) is 54.6 Å². The minimum Gasteiger partial charge on any atom is -0.385 e. The van der Waals surface area contributed by atoms with Crippen molar-refractivity contribution in [3.05, 3.63) is 93.8 Å². The number of nitrogens with one attached hydrogen (secondary N) is 5. The number of fused-ring (bicyclic) bond motifs is 3. The molecule has 0 bridgehead atoms. The van der Waals surface area contributed by atoms with Crippen molar-refractivity contribution >= 4 is 82.3 Å². The highest BCUT2D eigenvalue weighted by Crippen LogP contribution is 2.32. The first-order valence-electron chi connectivity index (χ1n) is 31.6. The number of carbonyl (C=O) groups is 12. The lowest BCUT2D eigenvalue weighted by Crippen LogP contribution is -2.54. The molecule has 6 aliphatic rings. The van der Waals surface area contributed by atoms with Crippen LogP contribution in [0.4, 0.5) is 15.8 Å². The molecule has 0 aliphatic carbocycles. The maximum absolute atomic E-state index is 13.2. The number of hydrogen-bond acceptors (Lipinski definition) is 16. The molecule has 0 aromatic heterocycles. The lowest BCUT2D eigenvalue weighted by molar-refractivity contribution is -0.137. The van der Waals surface area contributed by atoms with Crippen molar-refractivity contribution in [3.8, 4) is 0 Å². The number of anilines is 2. The van der Waals surface area contributed by atoms with Crippen LogP contribution in [0.1, 0.15) is 243 Å². The molecule has 0 saturated carbocycles. The van der Waals surface area contributed by atoms with Crippen molar-refractivity contribution in [2.24, 2.45) is 11.5 Å². The summed E-state index contributed by atoms with van der Waals surface area (Å²) in [7, 11) is 0. The number of hydrogen-bond donors (Lipinski definition) is 7. The van der Waals surface area contributed by atoms with E-state index in [4.69, 9.17) is 11.5 Å². The van der Waals surface area contributed by atoms with E-state index in [9.17, 15) is 61.9 Å². The van der Waals surface area contributed by atoms with E-state index in [1.807, 2.05) is 0 Å². The van der Waals surface area contributed by atoms with Crippen LogP contribution in [0.3, 0.4) is 0 Å². The van der Waals surface area contributed by atoms with Gasteiger partial charge in [0.2, 0.25) is 35.4 Å². The molecule has 22 nitrogen and oxygen atoms in total. The van der Waals surface area contributed by atoms with E-state index in [1.165, 1.54) is 109 Å². The SMILES string of the molecule is CCCCCCCCCN.CCCCCCCCCNc1ccc2c(c1)C(=O)N(C1CCC(=O)NC1=O)C2=O.NCCCCCCCCNc1ccc2c(c1)C(=O)N(C1CCC(=O)NC1=O)C2=O.O=C1CCC(N2C(=O)c3ccc(F)cc3C2=O)C(=O)N1. The predicted molar refractivity (Wildman–Crippen MR) is 328 cm³/mol. The van der Waals surface area contributed by atoms with E-state index in [0.29, 0.717) is 22.3 Å². The zero-order valence-electron chi connectivity index (χ0n) is 50.9. The van der Waals surface area contributed by atoms with Crippen molar-refractivity contribution in [1.82, 2.24) is 30.7 Å². The van der Waals surface area contributed by atoms with E-state index < -0.39 is 83.0 Å². The third kappa shape index (κ3) is 18.7. The molecule has 3 unspecified atom stereocenters. The van der Waals surface area contributed by atoms with Gasteiger partial charge in [-0.15, -0.1) is 0 Å². The molecule has 476 valence electrons.